The lowest BCUT2D eigenvalue weighted by molar-refractivity contribution is 0.231. The molecular weight excluding hydrogens is 504 g/mol. The third-order valence-corrected chi connectivity index (χ3v) is 5.97. The second-order valence-corrected chi connectivity index (χ2v) is 12.3. The van der Waals surface area contributed by atoms with Crippen LogP contribution in [0.2, 0.25) is 0 Å². The van der Waals surface area contributed by atoms with Crippen molar-refractivity contribution in [2.24, 2.45) is 20.8 Å². The Kier molecular flexibility index (Phi) is 12.9. The largest absolute Gasteiger partial charge is 0.504 e. The fraction of sp³-hybridized carbons (Fsp3) is 0.562. The highest BCUT2D eigenvalue weighted by atomic mass is 16.5. The number of hydrogen-bond acceptors (Lipinski definition) is 8. The number of ether oxygens (including phenoxy) is 2. The second-order valence-electron chi connectivity index (χ2n) is 12.3. The number of nitrogens with one attached hydrogen (secondary N) is 2. The Morgan fingerprint density at radius 1 is 0.700 bits per heavy atom. The number of hydrogen-bond donors (Lipinski definition) is 4. The van der Waals surface area contributed by atoms with E-state index in [1.54, 1.807) is 24.6 Å². The number of benzene rings is 2. The van der Waals surface area contributed by atoms with Crippen LogP contribution in [-0.2, 0) is 0 Å². The van der Waals surface area contributed by atoms with Crippen molar-refractivity contribution in [2.45, 2.75) is 67.6 Å². The molecule has 0 radical (unpaired) electrons. The van der Waals surface area contributed by atoms with Gasteiger partial charge in [0.05, 0.1) is 12.2 Å². The molecule has 0 aromatic heterocycles. The maximum atomic E-state index is 10.4. The first kappa shape index (κ1) is 33.1. The summed E-state index contributed by atoms with van der Waals surface area (Å²) in [6.07, 6.45) is 3.42. The molecular formula is C32H50N4O4. The summed E-state index contributed by atoms with van der Waals surface area (Å²) in [4.78, 5) is 9.17. The maximum absolute atomic E-state index is 10.4. The van der Waals surface area contributed by atoms with E-state index in [1.165, 1.54) is 0 Å². The first-order valence-electron chi connectivity index (χ1n) is 14.2. The summed E-state index contributed by atoms with van der Waals surface area (Å²) in [5.41, 5.74) is 1.25. The van der Waals surface area contributed by atoms with E-state index in [-0.39, 0.29) is 34.5 Å². The average Bonchev–Trinajstić information content (AvgIpc) is 2.85. The number of nitrogens with zero attached hydrogens (tertiary/aromatic N) is 2. The van der Waals surface area contributed by atoms with Gasteiger partial charge in [-0.15, -0.1) is 0 Å². The predicted molar refractivity (Wildman–Crippen MR) is 166 cm³/mol. The van der Waals surface area contributed by atoms with Crippen molar-refractivity contribution in [1.29, 1.82) is 0 Å². The van der Waals surface area contributed by atoms with Crippen LogP contribution < -0.4 is 20.1 Å². The van der Waals surface area contributed by atoms with Gasteiger partial charge in [-0.25, -0.2) is 0 Å². The van der Waals surface area contributed by atoms with Gasteiger partial charge in [0.25, 0.3) is 0 Å². The van der Waals surface area contributed by atoms with Crippen molar-refractivity contribution < 1.29 is 19.7 Å². The topological polar surface area (TPSA) is 108 Å². The molecule has 0 fully saturated rings. The van der Waals surface area contributed by atoms with Gasteiger partial charge in [0, 0.05) is 62.8 Å². The molecule has 0 amide bonds. The molecule has 4 N–H and O–H groups in total. The van der Waals surface area contributed by atoms with E-state index in [9.17, 15) is 10.2 Å². The minimum Gasteiger partial charge on any atom is -0.504 e. The Balaban J connectivity index is 1.71. The van der Waals surface area contributed by atoms with E-state index in [0.29, 0.717) is 35.7 Å². The van der Waals surface area contributed by atoms with E-state index >= 15 is 0 Å². The molecule has 0 aliphatic rings. The summed E-state index contributed by atoms with van der Waals surface area (Å²) in [5, 5.41) is 27.9. The minimum atomic E-state index is -0.0325. The molecule has 0 spiro atoms. The van der Waals surface area contributed by atoms with Gasteiger partial charge in [-0.1, -0.05) is 39.8 Å². The molecule has 0 saturated carbocycles. The zero-order chi connectivity index (χ0) is 29.8. The lowest BCUT2D eigenvalue weighted by Gasteiger charge is -2.24. The second kappa shape index (κ2) is 15.6. The van der Waals surface area contributed by atoms with Gasteiger partial charge < -0.3 is 30.3 Å². The fourth-order valence-electron chi connectivity index (χ4n) is 3.91. The number of phenolic OH excluding ortho intramolecular Hbond substituents is 2. The molecule has 222 valence electrons. The van der Waals surface area contributed by atoms with Crippen LogP contribution >= 0.6 is 0 Å². The van der Waals surface area contributed by atoms with Crippen LogP contribution in [0.5, 0.6) is 23.0 Å². The van der Waals surface area contributed by atoms with Gasteiger partial charge in [-0.05, 0) is 62.8 Å². The number of rotatable bonds is 17. The molecule has 40 heavy (non-hydrogen) atoms. The molecule has 2 rings (SSSR count). The van der Waals surface area contributed by atoms with Crippen LogP contribution in [0.3, 0.4) is 0 Å². The van der Waals surface area contributed by atoms with Crippen LogP contribution in [0.25, 0.3) is 0 Å². The van der Waals surface area contributed by atoms with Gasteiger partial charge >= 0.3 is 0 Å². The highest BCUT2D eigenvalue weighted by molar-refractivity contribution is 5.85. The molecule has 0 bridgehead atoms. The summed E-state index contributed by atoms with van der Waals surface area (Å²) >= 11 is 0. The Morgan fingerprint density at radius 2 is 1.07 bits per heavy atom. The van der Waals surface area contributed by atoms with Gasteiger partial charge in [-0.2, -0.15) is 0 Å². The Morgan fingerprint density at radius 3 is 1.43 bits per heavy atom. The summed E-state index contributed by atoms with van der Waals surface area (Å²) < 4.78 is 11.3. The highest BCUT2D eigenvalue weighted by Crippen LogP contribution is 2.30. The molecule has 8 nitrogen and oxygen atoms in total. The standard InChI is InChI=1S/C32H50N4O4/c1-23(2)39-27-13-9-11-25(29(27)37)17-35-21-31(5,6)19-33-15-16-34-20-32(7,8)22-36-18-26-12-10-14-28(30(26)38)40-24(3)4/h9-14,17-18,23-24,33-34,37-38H,15-16,19-22H2,1-8H3/b35-17+,36-18+. The first-order chi connectivity index (χ1) is 18.8. The zero-order valence-corrected chi connectivity index (χ0v) is 25.6. The summed E-state index contributed by atoms with van der Waals surface area (Å²) in [7, 11) is 0. The SMILES string of the molecule is CC(C)Oc1cccc(/C=N/CC(C)(C)CNCCNCC(C)(C)C/N=C/c2cccc(OC(C)C)c2O)c1O. The van der Waals surface area contributed by atoms with Gasteiger partial charge in [-0.3, -0.25) is 9.98 Å². The average molecular weight is 555 g/mol. The molecule has 0 atom stereocenters. The quantitative estimate of drug-likeness (QED) is 0.153. The number of para-hydroxylation sites is 2. The van der Waals surface area contributed by atoms with Gasteiger partial charge in [0.2, 0.25) is 0 Å². The van der Waals surface area contributed by atoms with Crippen molar-refractivity contribution in [3.8, 4) is 23.0 Å². The van der Waals surface area contributed by atoms with Crippen LogP contribution in [0.15, 0.2) is 46.4 Å². The lowest BCUT2D eigenvalue weighted by Crippen LogP contribution is -2.39. The third-order valence-electron chi connectivity index (χ3n) is 5.97. The molecule has 0 unspecified atom stereocenters. The molecule has 2 aromatic carbocycles. The van der Waals surface area contributed by atoms with Crippen LogP contribution in [-0.4, -0.2) is 74.1 Å². The molecule has 8 heteroatoms. The Bertz CT molecular complexity index is 1020. The van der Waals surface area contributed by atoms with E-state index < -0.39 is 0 Å². The van der Waals surface area contributed by atoms with E-state index in [0.717, 1.165) is 26.2 Å². The molecule has 0 aliphatic carbocycles. The smallest absolute Gasteiger partial charge is 0.166 e. The number of phenols is 2. The first-order valence-corrected chi connectivity index (χ1v) is 14.2. The van der Waals surface area contributed by atoms with Crippen molar-refractivity contribution in [1.82, 2.24) is 10.6 Å². The van der Waals surface area contributed by atoms with E-state index in [4.69, 9.17) is 9.47 Å². The Labute approximate surface area is 240 Å². The van der Waals surface area contributed by atoms with E-state index in [2.05, 4.69) is 48.3 Å². The van der Waals surface area contributed by atoms with Crippen molar-refractivity contribution in [2.75, 3.05) is 39.3 Å². The van der Waals surface area contributed by atoms with E-state index in [1.807, 2.05) is 52.0 Å². The monoisotopic (exact) mass is 554 g/mol. The minimum absolute atomic E-state index is 0.00813. The summed E-state index contributed by atoms with van der Waals surface area (Å²) in [5.74, 6) is 1.20. The van der Waals surface area contributed by atoms with Gasteiger partial charge in [0.15, 0.2) is 23.0 Å². The maximum Gasteiger partial charge on any atom is 0.166 e. The van der Waals surface area contributed by atoms with Crippen LogP contribution in [0, 0.1) is 10.8 Å². The normalized spacial score (nSPS) is 12.8. The fourth-order valence-corrected chi connectivity index (χ4v) is 3.91. The number of aliphatic imine (C=N–C) groups is 2. The summed E-state index contributed by atoms with van der Waals surface area (Å²) in [6, 6.07) is 10.9. The highest BCUT2D eigenvalue weighted by Gasteiger charge is 2.18. The molecule has 0 saturated heterocycles. The molecule has 0 aliphatic heterocycles. The van der Waals surface area contributed by atoms with Crippen molar-refractivity contribution in [3.05, 3.63) is 47.5 Å². The van der Waals surface area contributed by atoms with Crippen LogP contribution in [0.4, 0.5) is 0 Å². The predicted octanol–water partition coefficient (Wildman–Crippen LogP) is 5.44. The molecule has 2 aromatic rings. The van der Waals surface area contributed by atoms with Crippen molar-refractivity contribution in [3.63, 3.8) is 0 Å². The lowest BCUT2D eigenvalue weighted by atomic mass is 9.93. The van der Waals surface area contributed by atoms with Crippen molar-refractivity contribution >= 4 is 12.4 Å². The van der Waals surface area contributed by atoms with Crippen LogP contribution in [0.1, 0.15) is 66.5 Å². The Hall–Kier alpha value is -3.10. The third kappa shape index (κ3) is 12.0. The van der Waals surface area contributed by atoms with Gasteiger partial charge in [0.1, 0.15) is 0 Å². The molecule has 0 heterocycles. The zero-order valence-electron chi connectivity index (χ0n) is 25.6. The summed E-state index contributed by atoms with van der Waals surface area (Å²) in [6.45, 7) is 21.0. The number of aromatic hydroxyl groups is 2.